The van der Waals surface area contributed by atoms with Crippen molar-refractivity contribution in [3.05, 3.63) is 105 Å². The van der Waals surface area contributed by atoms with Crippen molar-refractivity contribution in [2.24, 2.45) is 11.8 Å². The van der Waals surface area contributed by atoms with Crippen LogP contribution in [0.1, 0.15) is 52.7 Å². The van der Waals surface area contributed by atoms with E-state index in [-0.39, 0.29) is 23.0 Å². The SMILES string of the molecule is CC1=C(c2ccccc2)SC2(C(C)C)C1=C1C(=C3C(C)=C(c4ccccc4)SC32C(C)C)C(F)(F)C(F)(F)C1(F)F. The Morgan fingerprint density at radius 2 is 0.829 bits per heavy atom. The highest BCUT2D eigenvalue weighted by Gasteiger charge is 2.85. The van der Waals surface area contributed by atoms with Crippen molar-refractivity contribution < 1.29 is 26.3 Å². The predicted octanol–water partition coefficient (Wildman–Crippen LogP) is 10.7. The number of rotatable bonds is 4. The Kier molecular flexibility index (Phi) is 6.21. The monoisotopic (exact) mass is 604 g/mol. The zero-order valence-corrected chi connectivity index (χ0v) is 25.1. The van der Waals surface area contributed by atoms with E-state index in [2.05, 4.69) is 0 Å². The van der Waals surface area contributed by atoms with Crippen LogP contribution in [0.15, 0.2) is 94.1 Å². The molecular weight excluding hydrogens is 574 g/mol. The Hall–Kier alpha value is -2.32. The molecule has 4 aliphatic rings. The van der Waals surface area contributed by atoms with Gasteiger partial charge in [-0.25, -0.2) is 0 Å². The van der Waals surface area contributed by atoms with Crippen molar-refractivity contribution in [1.82, 2.24) is 0 Å². The van der Waals surface area contributed by atoms with Crippen LogP contribution in [0, 0.1) is 11.8 Å². The molecule has 0 nitrogen and oxygen atoms in total. The molecule has 0 aromatic heterocycles. The number of benzene rings is 2. The maximum absolute atomic E-state index is 16.1. The lowest BCUT2D eigenvalue weighted by Gasteiger charge is -2.56. The summed E-state index contributed by atoms with van der Waals surface area (Å²) in [4.78, 5) is 1.31. The molecule has 0 radical (unpaired) electrons. The van der Waals surface area contributed by atoms with Crippen molar-refractivity contribution in [1.29, 1.82) is 0 Å². The maximum atomic E-state index is 16.1. The molecule has 2 aromatic carbocycles. The molecule has 2 aliphatic heterocycles. The van der Waals surface area contributed by atoms with Gasteiger partial charge in [-0.1, -0.05) is 88.4 Å². The van der Waals surface area contributed by atoms with E-state index < -0.39 is 38.4 Å². The summed E-state index contributed by atoms with van der Waals surface area (Å²) in [6.07, 6.45) is 0. The minimum atomic E-state index is -5.58. The molecular formula is C33H30F6S2. The van der Waals surface area contributed by atoms with Crippen LogP contribution in [0.25, 0.3) is 9.81 Å². The van der Waals surface area contributed by atoms with Crippen LogP contribution in [-0.2, 0) is 0 Å². The molecule has 0 amide bonds. The summed E-state index contributed by atoms with van der Waals surface area (Å²) in [6.45, 7) is 10.8. The maximum Gasteiger partial charge on any atom is 0.380 e. The third-order valence-electron chi connectivity index (χ3n) is 9.12. The molecule has 2 aromatic rings. The first kappa shape index (κ1) is 28.8. The van der Waals surface area contributed by atoms with Crippen molar-refractivity contribution in [2.45, 2.75) is 68.8 Å². The molecule has 0 bridgehead atoms. The van der Waals surface area contributed by atoms with Crippen molar-refractivity contribution in [3.8, 4) is 0 Å². The summed E-state index contributed by atoms with van der Waals surface area (Å²) in [5.74, 6) is -16.5. The first-order valence-electron chi connectivity index (χ1n) is 13.7. The van der Waals surface area contributed by atoms with Crippen molar-refractivity contribution in [2.75, 3.05) is 0 Å². The van der Waals surface area contributed by atoms with Crippen molar-refractivity contribution >= 4 is 33.3 Å². The average molecular weight is 605 g/mol. The number of fused-ring (bicyclic) bond motifs is 4. The molecule has 6 rings (SSSR count). The Balaban J connectivity index is 1.84. The fraction of sp³-hybridized carbons (Fsp3) is 0.394. The van der Waals surface area contributed by atoms with Crippen LogP contribution >= 0.6 is 23.5 Å². The Morgan fingerprint density at radius 1 is 0.512 bits per heavy atom. The van der Waals surface area contributed by atoms with Gasteiger partial charge in [0.2, 0.25) is 0 Å². The molecule has 0 N–H and O–H groups in total. The molecule has 0 saturated heterocycles. The van der Waals surface area contributed by atoms with Crippen LogP contribution < -0.4 is 0 Å². The molecule has 2 aliphatic carbocycles. The van der Waals surface area contributed by atoms with Gasteiger partial charge in [0.05, 0.1) is 9.49 Å². The zero-order chi connectivity index (χ0) is 29.9. The summed E-state index contributed by atoms with van der Waals surface area (Å²) in [5, 5.41) is 0. The highest BCUT2D eigenvalue weighted by atomic mass is 32.2. The molecule has 2 atom stereocenters. The van der Waals surface area contributed by atoms with E-state index in [9.17, 15) is 0 Å². The van der Waals surface area contributed by atoms with Gasteiger partial charge in [-0.3, -0.25) is 0 Å². The third kappa shape index (κ3) is 3.19. The summed E-state index contributed by atoms with van der Waals surface area (Å²) < 4.78 is 92.8. The van der Waals surface area contributed by atoms with E-state index in [1.54, 1.807) is 13.8 Å². The number of hydrogen-bond acceptors (Lipinski definition) is 2. The Morgan fingerprint density at radius 3 is 1.12 bits per heavy atom. The topological polar surface area (TPSA) is 0 Å². The number of hydrogen-bond donors (Lipinski definition) is 0. The van der Waals surface area contributed by atoms with Gasteiger partial charge in [0, 0.05) is 21.0 Å². The summed E-state index contributed by atoms with van der Waals surface area (Å²) in [6, 6.07) is 18.3. The second kappa shape index (κ2) is 8.85. The first-order valence-corrected chi connectivity index (χ1v) is 15.3. The van der Waals surface area contributed by atoms with Gasteiger partial charge in [0.1, 0.15) is 0 Å². The van der Waals surface area contributed by atoms with Gasteiger partial charge < -0.3 is 0 Å². The number of allylic oxidation sites excluding steroid dienone is 4. The third-order valence-corrected chi connectivity index (χ3v) is 13.4. The van der Waals surface area contributed by atoms with E-state index >= 15 is 26.3 Å². The van der Waals surface area contributed by atoms with E-state index in [1.165, 1.54) is 23.5 Å². The zero-order valence-electron chi connectivity index (χ0n) is 23.5. The Labute approximate surface area is 245 Å². The second-order valence-corrected chi connectivity index (χ2v) is 14.4. The van der Waals surface area contributed by atoms with Crippen LogP contribution in [0.2, 0.25) is 0 Å². The van der Waals surface area contributed by atoms with Gasteiger partial charge in [-0.15, -0.1) is 23.5 Å². The van der Waals surface area contributed by atoms with E-state index in [1.807, 2.05) is 88.4 Å². The van der Waals surface area contributed by atoms with Gasteiger partial charge in [-0.05, 0) is 59.1 Å². The normalized spacial score (nSPS) is 29.6. The summed E-state index contributed by atoms with van der Waals surface area (Å²) >= 11 is 2.76. The average Bonchev–Trinajstić information content (AvgIpc) is 3.45. The fourth-order valence-corrected chi connectivity index (χ4v) is 11.5. The van der Waals surface area contributed by atoms with E-state index in [0.29, 0.717) is 21.0 Å². The molecule has 1 saturated carbocycles. The molecule has 41 heavy (non-hydrogen) atoms. The lowest BCUT2D eigenvalue weighted by atomic mass is 9.60. The van der Waals surface area contributed by atoms with E-state index in [4.69, 9.17) is 0 Å². The highest BCUT2D eigenvalue weighted by molar-refractivity contribution is 8.14. The standard InChI is InChI=1S/C33H30F6S2/c1-17(2)29-23(19(5)27(40-29)21-13-9-7-10-14-21)25-26(32(36,37)33(38,39)31(25,34)35)24-20(6)28(22-15-11-8-12-16-22)41-30(24,29)18(3)4/h7-18H,1-6H3. The van der Waals surface area contributed by atoms with Gasteiger partial charge in [0.25, 0.3) is 0 Å². The molecule has 216 valence electrons. The number of halogens is 6. The lowest BCUT2D eigenvalue weighted by molar-refractivity contribution is -0.258. The highest BCUT2D eigenvalue weighted by Crippen LogP contribution is 2.80. The quantitative estimate of drug-likeness (QED) is 0.319. The summed E-state index contributed by atoms with van der Waals surface area (Å²) in [5.41, 5.74) is -0.261. The number of alkyl halides is 6. The fourth-order valence-electron chi connectivity index (χ4n) is 7.42. The Bertz CT molecular complexity index is 1460. The molecule has 0 spiro atoms. The van der Waals surface area contributed by atoms with Crippen LogP contribution in [-0.4, -0.2) is 27.3 Å². The predicted molar refractivity (Wildman–Crippen MR) is 157 cm³/mol. The summed E-state index contributed by atoms with van der Waals surface area (Å²) in [7, 11) is 0. The lowest BCUT2D eigenvalue weighted by Crippen LogP contribution is -2.59. The molecule has 2 unspecified atom stereocenters. The van der Waals surface area contributed by atoms with Crippen LogP contribution in [0.4, 0.5) is 26.3 Å². The minimum Gasteiger partial charge on any atom is -0.194 e. The van der Waals surface area contributed by atoms with Crippen LogP contribution in [0.5, 0.6) is 0 Å². The minimum absolute atomic E-state index is 0.0553. The molecule has 2 heterocycles. The molecule has 8 heteroatoms. The van der Waals surface area contributed by atoms with Gasteiger partial charge in [0.15, 0.2) is 0 Å². The first-order chi connectivity index (χ1) is 19.1. The largest absolute Gasteiger partial charge is 0.380 e. The van der Waals surface area contributed by atoms with Crippen molar-refractivity contribution in [3.63, 3.8) is 0 Å². The van der Waals surface area contributed by atoms with E-state index in [0.717, 1.165) is 11.1 Å². The van der Waals surface area contributed by atoms with Gasteiger partial charge >= 0.3 is 17.8 Å². The smallest absolute Gasteiger partial charge is 0.194 e. The van der Waals surface area contributed by atoms with Gasteiger partial charge in [-0.2, -0.15) is 26.3 Å². The van der Waals surface area contributed by atoms with Crippen LogP contribution in [0.3, 0.4) is 0 Å². The molecule has 1 fully saturated rings. The second-order valence-electron chi connectivity index (χ2n) is 11.8. The number of thioether (sulfide) groups is 2.